The molecule has 3 N–H and O–H groups in total. The summed E-state index contributed by atoms with van der Waals surface area (Å²) < 4.78 is 0. The number of nitrogens with two attached hydrogens (primary N) is 1. The van der Waals surface area contributed by atoms with E-state index in [2.05, 4.69) is 17.2 Å². The number of carbonyl (C=O) groups is 1. The molecular weight excluding hydrogens is 178 g/mol. The van der Waals surface area contributed by atoms with E-state index in [1.165, 1.54) is 0 Å². The number of nitrogens with zero attached hydrogens (tertiary/aromatic N) is 1. The minimum Gasteiger partial charge on any atom is -0.351 e. The Hall–Kier alpha value is -1.58. The fourth-order valence-corrected chi connectivity index (χ4v) is 1.34. The second-order valence-electron chi connectivity index (χ2n) is 3.23. The number of anilines is 1. The Balaban J connectivity index is 2.88. The highest BCUT2D eigenvalue weighted by molar-refractivity contribution is 5.87. The van der Waals surface area contributed by atoms with Crippen LogP contribution in [0.3, 0.4) is 0 Å². The number of aromatic nitrogens is 1. The third-order valence-electron chi connectivity index (χ3n) is 1.78. The van der Waals surface area contributed by atoms with Crippen LogP contribution in [-0.4, -0.2) is 11.0 Å². The fourth-order valence-electron chi connectivity index (χ4n) is 1.34. The van der Waals surface area contributed by atoms with Gasteiger partial charge in [0.15, 0.2) is 0 Å². The van der Waals surface area contributed by atoms with Gasteiger partial charge in [-0.05, 0) is 25.5 Å². The third kappa shape index (κ3) is 3.05. The lowest BCUT2D eigenvalue weighted by Crippen LogP contribution is -2.19. The molecule has 0 aliphatic carbocycles. The number of nitrogens with one attached hydrogen (secondary N) is 1. The largest absolute Gasteiger partial charge is 0.351 e. The molecular formula is C10H15N3O. The van der Waals surface area contributed by atoms with Crippen LogP contribution in [0.2, 0.25) is 0 Å². The Kier molecular flexibility index (Phi) is 3.45. The third-order valence-corrected chi connectivity index (χ3v) is 1.78. The number of hydrogen-bond acceptors (Lipinski definition) is 2. The first kappa shape index (κ1) is 10.5. The maximum atomic E-state index is 10.6. The second-order valence-corrected chi connectivity index (χ2v) is 3.23. The van der Waals surface area contributed by atoms with Crippen LogP contribution in [-0.2, 0) is 6.42 Å². The first-order valence-corrected chi connectivity index (χ1v) is 4.66. The molecule has 1 heterocycles. The molecule has 0 atom stereocenters. The maximum Gasteiger partial charge on any atom is 0.316 e. The van der Waals surface area contributed by atoms with E-state index in [0.29, 0.717) is 5.69 Å². The van der Waals surface area contributed by atoms with Gasteiger partial charge in [-0.15, -0.1) is 0 Å². The lowest BCUT2D eigenvalue weighted by atomic mass is 10.2. The number of rotatable bonds is 3. The molecule has 1 rings (SSSR count). The smallest absolute Gasteiger partial charge is 0.316 e. The van der Waals surface area contributed by atoms with Crippen LogP contribution >= 0.6 is 0 Å². The van der Waals surface area contributed by atoms with E-state index in [9.17, 15) is 4.79 Å². The van der Waals surface area contributed by atoms with Gasteiger partial charge in [-0.2, -0.15) is 0 Å². The Morgan fingerprint density at radius 2 is 2.29 bits per heavy atom. The minimum atomic E-state index is -0.543. The van der Waals surface area contributed by atoms with Crippen molar-refractivity contribution in [3.8, 4) is 0 Å². The van der Waals surface area contributed by atoms with Crippen molar-refractivity contribution in [2.24, 2.45) is 5.73 Å². The zero-order chi connectivity index (χ0) is 10.6. The maximum absolute atomic E-state index is 10.6. The van der Waals surface area contributed by atoms with E-state index in [1.54, 1.807) is 6.07 Å². The predicted molar refractivity (Wildman–Crippen MR) is 56.2 cm³/mol. The van der Waals surface area contributed by atoms with Crippen molar-refractivity contribution in [3.05, 3.63) is 23.5 Å². The summed E-state index contributed by atoms with van der Waals surface area (Å²) in [5, 5.41) is 2.54. The molecule has 0 aliphatic rings. The van der Waals surface area contributed by atoms with Crippen molar-refractivity contribution >= 4 is 11.7 Å². The molecule has 0 unspecified atom stereocenters. The fraction of sp³-hybridized carbons (Fsp3) is 0.400. The molecule has 76 valence electrons. The number of primary amides is 1. The van der Waals surface area contributed by atoms with Crippen molar-refractivity contribution in [1.82, 2.24) is 4.98 Å². The van der Waals surface area contributed by atoms with Gasteiger partial charge in [0.1, 0.15) is 0 Å². The highest BCUT2D eigenvalue weighted by atomic mass is 16.2. The molecule has 0 aromatic carbocycles. The average molecular weight is 193 g/mol. The molecule has 4 heteroatoms. The number of carbonyl (C=O) groups excluding carboxylic acids is 1. The summed E-state index contributed by atoms with van der Waals surface area (Å²) in [5.41, 5.74) is 7.62. The molecule has 14 heavy (non-hydrogen) atoms. The van der Waals surface area contributed by atoms with E-state index < -0.39 is 6.03 Å². The quantitative estimate of drug-likeness (QED) is 0.769. The summed E-state index contributed by atoms with van der Waals surface area (Å²) in [4.78, 5) is 15.0. The van der Waals surface area contributed by atoms with Crippen molar-refractivity contribution in [2.45, 2.75) is 26.7 Å². The zero-order valence-electron chi connectivity index (χ0n) is 8.50. The molecule has 0 saturated carbocycles. The number of amides is 2. The van der Waals surface area contributed by atoms with Crippen molar-refractivity contribution < 1.29 is 4.79 Å². The van der Waals surface area contributed by atoms with E-state index in [1.807, 2.05) is 13.0 Å². The van der Waals surface area contributed by atoms with Gasteiger partial charge in [0.25, 0.3) is 0 Å². The van der Waals surface area contributed by atoms with Gasteiger partial charge >= 0.3 is 6.03 Å². The lowest BCUT2D eigenvalue weighted by Gasteiger charge is -2.05. The van der Waals surface area contributed by atoms with Crippen LogP contribution in [0.25, 0.3) is 0 Å². The highest BCUT2D eigenvalue weighted by Gasteiger charge is 2.01. The summed E-state index contributed by atoms with van der Waals surface area (Å²) in [6, 6.07) is 3.10. The van der Waals surface area contributed by atoms with Gasteiger partial charge in [0, 0.05) is 17.1 Å². The van der Waals surface area contributed by atoms with Crippen LogP contribution in [0.5, 0.6) is 0 Å². The van der Waals surface area contributed by atoms with Gasteiger partial charge in [0.05, 0.1) is 0 Å². The Bertz CT molecular complexity index is 336. The Morgan fingerprint density at radius 3 is 2.86 bits per heavy atom. The molecule has 0 bridgehead atoms. The predicted octanol–water partition coefficient (Wildman–Crippen LogP) is 1.83. The molecule has 2 amide bonds. The molecule has 0 radical (unpaired) electrons. The van der Waals surface area contributed by atoms with Crippen molar-refractivity contribution in [2.75, 3.05) is 5.32 Å². The Labute approximate surface area is 83.5 Å². The van der Waals surface area contributed by atoms with Crippen LogP contribution in [0.1, 0.15) is 24.7 Å². The number of hydrogen-bond donors (Lipinski definition) is 2. The van der Waals surface area contributed by atoms with Gasteiger partial charge in [0.2, 0.25) is 0 Å². The summed E-state index contributed by atoms with van der Waals surface area (Å²) in [5.74, 6) is 0. The van der Waals surface area contributed by atoms with E-state index in [0.717, 1.165) is 24.2 Å². The first-order valence-electron chi connectivity index (χ1n) is 4.66. The number of aryl methyl sites for hydroxylation is 2. The van der Waals surface area contributed by atoms with E-state index in [-0.39, 0.29) is 0 Å². The summed E-state index contributed by atoms with van der Waals surface area (Å²) in [6.45, 7) is 3.98. The molecule has 1 aromatic rings. The zero-order valence-corrected chi connectivity index (χ0v) is 8.50. The van der Waals surface area contributed by atoms with E-state index >= 15 is 0 Å². The number of urea groups is 1. The van der Waals surface area contributed by atoms with Crippen molar-refractivity contribution in [1.29, 1.82) is 0 Å². The standard InChI is InChI=1S/C10H15N3O/c1-3-4-8-6-9(13-10(11)14)5-7(2)12-8/h5-6H,3-4H2,1-2H3,(H3,11,12,13,14). The lowest BCUT2D eigenvalue weighted by molar-refractivity contribution is 0.259. The van der Waals surface area contributed by atoms with Crippen LogP contribution < -0.4 is 11.1 Å². The van der Waals surface area contributed by atoms with Crippen LogP contribution in [0.4, 0.5) is 10.5 Å². The molecule has 0 fully saturated rings. The average Bonchev–Trinajstić information content (AvgIpc) is 2.01. The molecule has 1 aromatic heterocycles. The summed E-state index contributed by atoms with van der Waals surface area (Å²) in [7, 11) is 0. The monoisotopic (exact) mass is 193 g/mol. The highest BCUT2D eigenvalue weighted by Crippen LogP contribution is 2.12. The van der Waals surface area contributed by atoms with E-state index in [4.69, 9.17) is 5.73 Å². The van der Waals surface area contributed by atoms with Gasteiger partial charge in [-0.25, -0.2) is 4.79 Å². The van der Waals surface area contributed by atoms with Gasteiger partial charge in [-0.1, -0.05) is 13.3 Å². The van der Waals surface area contributed by atoms with Crippen LogP contribution in [0, 0.1) is 6.92 Å². The molecule has 4 nitrogen and oxygen atoms in total. The molecule has 0 spiro atoms. The topological polar surface area (TPSA) is 68.0 Å². The second kappa shape index (κ2) is 4.60. The normalized spacial score (nSPS) is 9.86. The molecule has 0 aliphatic heterocycles. The Morgan fingerprint density at radius 1 is 1.57 bits per heavy atom. The molecule has 0 saturated heterocycles. The minimum absolute atomic E-state index is 0.543. The van der Waals surface area contributed by atoms with Gasteiger partial charge < -0.3 is 11.1 Å². The van der Waals surface area contributed by atoms with Gasteiger partial charge in [-0.3, -0.25) is 4.98 Å². The SMILES string of the molecule is CCCc1cc(NC(N)=O)cc(C)n1. The van der Waals surface area contributed by atoms with Crippen molar-refractivity contribution in [3.63, 3.8) is 0 Å². The summed E-state index contributed by atoms with van der Waals surface area (Å²) >= 11 is 0. The van der Waals surface area contributed by atoms with Crippen LogP contribution in [0.15, 0.2) is 12.1 Å². The number of pyridine rings is 1. The summed E-state index contributed by atoms with van der Waals surface area (Å²) in [6.07, 6.45) is 1.95. The first-order chi connectivity index (χ1) is 6.61.